The fraction of sp³-hybridized carbons (Fsp3) is 0.167. The molecule has 0 aliphatic carbocycles. The van der Waals surface area contributed by atoms with Crippen molar-refractivity contribution in [3.63, 3.8) is 0 Å². The number of hydrogen-bond donors (Lipinski definition) is 0. The van der Waals surface area contributed by atoms with Gasteiger partial charge in [0.25, 0.3) is 10.8 Å². The summed E-state index contributed by atoms with van der Waals surface area (Å²) in [7, 11) is 1.68. The predicted molar refractivity (Wildman–Crippen MR) is 64.1 cm³/mol. The number of benzene rings is 1. The Labute approximate surface area is 97.3 Å². The van der Waals surface area contributed by atoms with Crippen molar-refractivity contribution in [3.8, 4) is 0 Å². The molecule has 0 unspecified atom stereocenters. The van der Waals surface area contributed by atoms with E-state index in [-0.39, 0.29) is 5.56 Å². The Hall–Kier alpha value is -1.61. The molecule has 0 amide bonds. The molecule has 0 fully saturated rings. The zero-order valence-electron chi connectivity index (χ0n) is 8.95. The van der Waals surface area contributed by atoms with Crippen molar-refractivity contribution in [3.05, 3.63) is 45.7 Å². The van der Waals surface area contributed by atoms with Gasteiger partial charge in [-0.1, -0.05) is 18.2 Å². The molecule has 82 valence electrons. The molecule has 1 aromatic carbocycles. The van der Waals surface area contributed by atoms with Crippen LogP contribution in [0.5, 0.6) is 0 Å². The summed E-state index contributed by atoms with van der Waals surface area (Å²) in [5.74, 6) is 0. The van der Waals surface area contributed by atoms with Crippen LogP contribution in [0.25, 0.3) is 10.9 Å². The van der Waals surface area contributed by atoms with Gasteiger partial charge in [0.15, 0.2) is 0 Å². The Morgan fingerprint density at radius 3 is 2.56 bits per heavy atom. The van der Waals surface area contributed by atoms with Crippen LogP contribution in [0.15, 0.2) is 29.1 Å². The summed E-state index contributed by atoms with van der Waals surface area (Å²) >= 11 is 5.52. The average molecular weight is 236 g/mol. The zero-order chi connectivity index (χ0) is 11.9. The summed E-state index contributed by atoms with van der Waals surface area (Å²) in [4.78, 5) is 23.2. The van der Waals surface area contributed by atoms with Crippen molar-refractivity contribution in [1.29, 1.82) is 0 Å². The van der Waals surface area contributed by atoms with E-state index >= 15 is 0 Å². The second-order valence-electron chi connectivity index (χ2n) is 3.66. The first kappa shape index (κ1) is 10.9. The van der Waals surface area contributed by atoms with Crippen molar-refractivity contribution in [2.45, 2.75) is 6.92 Å². The Morgan fingerprint density at radius 1 is 1.31 bits per heavy atom. The Bertz CT molecular complexity index is 643. The Morgan fingerprint density at radius 2 is 1.94 bits per heavy atom. The fourth-order valence-corrected chi connectivity index (χ4v) is 2.14. The van der Waals surface area contributed by atoms with Crippen LogP contribution in [-0.4, -0.2) is 9.81 Å². The maximum absolute atomic E-state index is 11.9. The molecule has 1 heterocycles. The summed E-state index contributed by atoms with van der Waals surface area (Å²) in [6.07, 6.45) is 0. The maximum atomic E-state index is 11.9. The number of halogens is 1. The van der Waals surface area contributed by atoms with Crippen LogP contribution in [0.2, 0.25) is 0 Å². The van der Waals surface area contributed by atoms with E-state index in [1.165, 1.54) is 4.57 Å². The summed E-state index contributed by atoms with van der Waals surface area (Å²) in [6, 6.07) is 7.21. The second kappa shape index (κ2) is 3.76. The van der Waals surface area contributed by atoms with Crippen molar-refractivity contribution in [1.82, 2.24) is 4.57 Å². The Kier molecular flexibility index (Phi) is 2.56. The van der Waals surface area contributed by atoms with E-state index < -0.39 is 5.24 Å². The number of carbonyl (C=O) groups is 1. The minimum atomic E-state index is -0.591. The minimum absolute atomic E-state index is 0.192. The first-order chi connectivity index (χ1) is 7.54. The van der Waals surface area contributed by atoms with Gasteiger partial charge in [-0.25, -0.2) is 0 Å². The molecule has 0 spiro atoms. The van der Waals surface area contributed by atoms with E-state index in [1.807, 2.05) is 12.1 Å². The van der Waals surface area contributed by atoms with Crippen LogP contribution in [0.4, 0.5) is 0 Å². The lowest BCUT2D eigenvalue weighted by atomic mass is 10.1. The summed E-state index contributed by atoms with van der Waals surface area (Å²) in [5, 5.41) is 0.119. The van der Waals surface area contributed by atoms with Gasteiger partial charge in [-0.15, -0.1) is 0 Å². The lowest BCUT2D eigenvalue weighted by molar-refractivity contribution is 0.108. The molecule has 3 nitrogen and oxygen atoms in total. The molecular formula is C12H10ClNO2. The van der Waals surface area contributed by atoms with Crippen molar-refractivity contribution in [2.75, 3.05) is 0 Å². The molecule has 0 N–H and O–H groups in total. The van der Waals surface area contributed by atoms with Gasteiger partial charge in [-0.3, -0.25) is 9.59 Å². The van der Waals surface area contributed by atoms with Crippen LogP contribution in [0.1, 0.15) is 15.9 Å². The third-order valence-electron chi connectivity index (χ3n) is 2.73. The summed E-state index contributed by atoms with van der Waals surface area (Å²) in [6.45, 7) is 1.62. The largest absolute Gasteiger partial charge is 0.311 e. The van der Waals surface area contributed by atoms with Gasteiger partial charge in [0.2, 0.25) is 0 Å². The molecule has 0 bridgehead atoms. The molecule has 0 saturated carbocycles. The van der Waals surface area contributed by atoms with E-state index in [9.17, 15) is 9.59 Å². The molecule has 0 saturated heterocycles. The quantitative estimate of drug-likeness (QED) is 0.711. The number of fused-ring (bicyclic) bond motifs is 1. The van der Waals surface area contributed by atoms with E-state index in [1.54, 1.807) is 26.1 Å². The predicted octanol–water partition coefficient (Wildman–Crippen LogP) is 2.23. The standard InChI is InChI=1S/C12H10ClNO2/c1-7-10(11(13)15)8-5-3-4-6-9(8)14(2)12(7)16/h3-6H,1-2H3. The van der Waals surface area contributed by atoms with Crippen molar-refractivity contribution in [2.24, 2.45) is 7.05 Å². The minimum Gasteiger partial charge on any atom is -0.311 e. The number of hydrogen-bond acceptors (Lipinski definition) is 2. The highest BCUT2D eigenvalue weighted by atomic mass is 35.5. The van der Waals surface area contributed by atoms with Gasteiger partial charge in [0, 0.05) is 18.0 Å². The van der Waals surface area contributed by atoms with E-state index in [2.05, 4.69) is 0 Å². The molecule has 2 aromatic rings. The molecule has 1 aromatic heterocycles. The first-order valence-electron chi connectivity index (χ1n) is 4.82. The lowest BCUT2D eigenvalue weighted by Gasteiger charge is -2.10. The SMILES string of the molecule is Cc1c(C(=O)Cl)c2ccccc2n(C)c1=O. The molecule has 0 aliphatic heterocycles. The van der Waals surface area contributed by atoms with E-state index in [4.69, 9.17) is 11.6 Å². The van der Waals surface area contributed by atoms with Crippen molar-refractivity contribution < 1.29 is 4.79 Å². The van der Waals surface area contributed by atoms with Crippen LogP contribution in [-0.2, 0) is 7.05 Å². The molecule has 0 radical (unpaired) electrons. The third kappa shape index (κ3) is 1.44. The molecule has 2 rings (SSSR count). The van der Waals surface area contributed by atoms with Gasteiger partial charge in [0.05, 0.1) is 11.1 Å². The number of nitrogens with zero attached hydrogens (tertiary/aromatic N) is 1. The average Bonchev–Trinajstić information content (AvgIpc) is 2.26. The normalized spacial score (nSPS) is 10.7. The van der Waals surface area contributed by atoms with Gasteiger partial charge in [-0.05, 0) is 24.6 Å². The summed E-state index contributed by atoms with van der Waals surface area (Å²) in [5.41, 5.74) is 1.21. The zero-order valence-corrected chi connectivity index (χ0v) is 9.71. The molecule has 0 aliphatic rings. The number of para-hydroxylation sites is 1. The number of aromatic nitrogens is 1. The lowest BCUT2D eigenvalue weighted by Crippen LogP contribution is -2.22. The summed E-state index contributed by atoms with van der Waals surface area (Å²) < 4.78 is 1.52. The van der Waals surface area contributed by atoms with Crippen LogP contribution >= 0.6 is 11.6 Å². The van der Waals surface area contributed by atoms with Gasteiger partial charge < -0.3 is 4.57 Å². The van der Waals surface area contributed by atoms with Crippen LogP contribution in [0, 0.1) is 6.92 Å². The number of pyridine rings is 1. The monoisotopic (exact) mass is 235 g/mol. The number of aryl methyl sites for hydroxylation is 1. The van der Waals surface area contributed by atoms with Crippen molar-refractivity contribution >= 4 is 27.7 Å². The molecule has 0 atom stereocenters. The van der Waals surface area contributed by atoms with E-state index in [0.717, 1.165) is 0 Å². The maximum Gasteiger partial charge on any atom is 0.254 e. The molecule has 16 heavy (non-hydrogen) atoms. The van der Waals surface area contributed by atoms with Crippen LogP contribution < -0.4 is 5.56 Å². The second-order valence-corrected chi connectivity index (χ2v) is 4.00. The Balaban J connectivity index is 3.10. The first-order valence-corrected chi connectivity index (χ1v) is 5.20. The van der Waals surface area contributed by atoms with Gasteiger partial charge in [-0.2, -0.15) is 0 Å². The highest BCUT2D eigenvalue weighted by Gasteiger charge is 2.15. The van der Waals surface area contributed by atoms with Gasteiger partial charge >= 0.3 is 0 Å². The number of carbonyl (C=O) groups excluding carboxylic acids is 1. The van der Waals surface area contributed by atoms with E-state index in [0.29, 0.717) is 22.0 Å². The van der Waals surface area contributed by atoms with Crippen LogP contribution in [0.3, 0.4) is 0 Å². The third-order valence-corrected chi connectivity index (χ3v) is 2.92. The van der Waals surface area contributed by atoms with Gasteiger partial charge in [0.1, 0.15) is 0 Å². The highest BCUT2D eigenvalue weighted by Crippen LogP contribution is 2.20. The fourth-order valence-electron chi connectivity index (χ4n) is 1.90. The molecule has 4 heteroatoms. The smallest absolute Gasteiger partial charge is 0.254 e. The molecular weight excluding hydrogens is 226 g/mol. The topological polar surface area (TPSA) is 39.1 Å². The highest BCUT2D eigenvalue weighted by molar-refractivity contribution is 6.68. The number of rotatable bonds is 1.